The molecule has 1 atom stereocenters. The van der Waals surface area contributed by atoms with Gasteiger partial charge in [-0.15, -0.1) is 0 Å². The molecule has 2 rings (SSSR count). The van der Waals surface area contributed by atoms with Gasteiger partial charge in [-0.2, -0.15) is 0 Å². The molecule has 0 bridgehead atoms. The number of nitrogens with one attached hydrogen (secondary N) is 1. The van der Waals surface area contributed by atoms with E-state index in [4.69, 9.17) is 0 Å². The molecule has 0 saturated carbocycles. The lowest BCUT2D eigenvalue weighted by Gasteiger charge is -2.15. The molecule has 1 N–H and O–H groups in total. The second-order valence-electron chi connectivity index (χ2n) is 5.15. The average molecular weight is 258 g/mol. The van der Waals surface area contributed by atoms with Gasteiger partial charge in [0.25, 0.3) is 0 Å². The molecule has 2 heterocycles. The molecule has 19 heavy (non-hydrogen) atoms. The lowest BCUT2D eigenvalue weighted by molar-refractivity contribution is 0.470. The fourth-order valence-electron chi connectivity index (χ4n) is 2.05. The van der Waals surface area contributed by atoms with Gasteiger partial charge >= 0.3 is 0 Å². The summed E-state index contributed by atoms with van der Waals surface area (Å²) in [6, 6.07) is 2.60. The number of nitrogens with zero attached hydrogens (tertiary/aromatic N) is 3. The summed E-state index contributed by atoms with van der Waals surface area (Å²) < 4.78 is 2.16. The number of imidazole rings is 1. The lowest BCUT2D eigenvalue weighted by atomic mass is 10.1. The van der Waals surface area contributed by atoms with Crippen LogP contribution < -0.4 is 5.32 Å². The van der Waals surface area contributed by atoms with E-state index in [1.165, 1.54) is 11.1 Å². The van der Waals surface area contributed by atoms with E-state index in [2.05, 4.69) is 39.8 Å². The van der Waals surface area contributed by atoms with Gasteiger partial charge in [0.05, 0.1) is 0 Å². The summed E-state index contributed by atoms with van der Waals surface area (Å²) in [6.07, 6.45) is 5.81. The summed E-state index contributed by atoms with van der Waals surface area (Å²) in [6.45, 7) is 10.1. The molecule has 0 unspecified atom stereocenters. The maximum atomic E-state index is 4.39. The molecule has 0 aliphatic carbocycles. The largest absolute Gasteiger partial charge is 0.334 e. The minimum atomic E-state index is 0.398. The Bertz CT molecular complexity index is 545. The molecule has 0 aromatic carbocycles. The molecule has 0 amide bonds. The molecule has 4 heteroatoms. The maximum Gasteiger partial charge on any atom is 0.105 e. The Morgan fingerprint density at radius 2 is 2.05 bits per heavy atom. The molecule has 2 aromatic heterocycles. The molecule has 0 radical (unpaired) electrons. The zero-order valence-electron chi connectivity index (χ0n) is 12.1. The number of pyridine rings is 1. The Morgan fingerprint density at radius 1 is 1.26 bits per heavy atom. The van der Waals surface area contributed by atoms with Crippen molar-refractivity contribution in [3.63, 3.8) is 0 Å². The van der Waals surface area contributed by atoms with Gasteiger partial charge in [-0.05, 0) is 38.8 Å². The van der Waals surface area contributed by atoms with Gasteiger partial charge in [0.2, 0.25) is 0 Å². The zero-order chi connectivity index (χ0) is 13.8. The number of hydrogen-bond donors (Lipinski definition) is 1. The van der Waals surface area contributed by atoms with Crippen molar-refractivity contribution in [1.82, 2.24) is 19.9 Å². The van der Waals surface area contributed by atoms with Crippen molar-refractivity contribution >= 4 is 0 Å². The van der Waals surface area contributed by atoms with E-state index in [-0.39, 0.29) is 0 Å². The third-order valence-corrected chi connectivity index (χ3v) is 3.45. The van der Waals surface area contributed by atoms with Gasteiger partial charge in [-0.25, -0.2) is 4.98 Å². The average Bonchev–Trinajstić information content (AvgIpc) is 2.77. The topological polar surface area (TPSA) is 42.7 Å². The van der Waals surface area contributed by atoms with E-state index in [1.807, 2.05) is 32.4 Å². The first kappa shape index (κ1) is 13.7. The second-order valence-corrected chi connectivity index (χ2v) is 5.15. The predicted octanol–water partition coefficient (Wildman–Crippen LogP) is 2.38. The van der Waals surface area contributed by atoms with Crippen LogP contribution in [0.25, 0.3) is 0 Å². The summed E-state index contributed by atoms with van der Waals surface area (Å²) in [5, 5.41) is 3.52. The molecular formula is C15H22N4. The van der Waals surface area contributed by atoms with Crippen LogP contribution in [-0.2, 0) is 13.1 Å². The summed E-state index contributed by atoms with van der Waals surface area (Å²) in [5.41, 5.74) is 3.58. The normalized spacial score (nSPS) is 12.6. The summed E-state index contributed by atoms with van der Waals surface area (Å²) >= 11 is 0. The second kappa shape index (κ2) is 5.97. The Morgan fingerprint density at radius 3 is 2.68 bits per heavy atom. The Kier molecular flexibility index (Phi) is 4.32. The fraction of sp³-hybridized carbons (Fsp3) is 0.467. The first-order valence-electron chi connectivity index (χ1n) is 6.69. The van der Waals surface area contributed by atoms with E-state index < -0.39 is 0 Å². The number of rotatable bonds is 5. The van der Waals surface area contributed by atoms with Crippen LogP contribution in [0.1, 0.15) is 29.6 Å². The lowest BCUT2D eigenvalue weighted by Crippen LogP contribution is -2.30. The monoisotopic (exact) mass is 258 g/mol. The molecule has 0 aliphatic heterocycles. The van der Waals surface area contributed by atoms with Crippen LogP contribution in [0.15, 0.2) is 24.7 Å². The number of aryl methyl sites for hydroxylation is 3. The molecule has 102 valence electrons. The maximum absolute atomic E-state index is 4.39. The van der Waals surface area contributed by atoms with Crippen LogP contribution in [0.3, 0.4) is 0 Å². The first-order valence-corrected chi connectivity index (χ1v) is 6.69. The predicted molar refractivity (Wildman–Crippen MR) is 77.0 cm³/mol. The van der Waals surface area contributed by atoms with Crippen molar-refractivity contribution in [3.05, 3.63) is 47.3 Å². The van der Waals surface area contributed by atoms with Gasteiger partial charge in [0.1, 0.15) is 5.82 Å². The van der Waals surface area contributed by atoms with Gasteiger partial charge in [-0.1, -0.05) is 6.07 Å². The third kappa shape index (κ3) is 3.64. The molecule has 0 spiro atoms. The molecular weight excluding hydrogens is 236 g/mol. The van der Waals surface area contributed by atoms with E-state index in [9.17, 15) is 0 Å². The van der Waals surface area contributed by atoms with Crippen molar-refractivity contribution in [2.45, 2.75) is 46.8 Å². The molecule has 0 aliphatic rings. The van der Waals surface area contributed by atoms with E-state index in [0.29, 0.717) is 6.04 Å². The number of aromatic nitrogens is 3. The van der Waals surface area contributed by atoms with E-state index in [1.54, 1.807) is 0 Å². The first-order chi connectivity index (χ1) is 9.06. The highest BCUT2D eigenvalue weighted by atomic mass is 15.1. The SMILES string of the molecule is Cc1cc(CN[C@H](C)Cn2ccnc2C)cnc1C. The van der Waals surface area contributed by atoms with Crippen molar-refractivity contribution < 1.29 is 0 Å². The standard InChI is InChI=1S/C15H22N4/c1-11-7-15(9-18-13(11)3)8-17-12(2)10-19-6-5-16-14(19)4/h5-7,9,12,17H,8,10H2,1-4H3/t12-/m1/s1. The molecule has 0 saturated heterocycles. The van der Waals surface area contributed by atoms with Crippen LogP contribution >= 0.6 is 0 Å². The summed E-state index contributed by atoms with van der Waals surface area (Å²) in [7, 11) is 0. The van der Waals surface area contributed by atoms with Crippen molar-refractivity contribution in [3.8, 4) is 0 Å². The van der Waals surface area contributed by atoms with Crippen LogP contribution in [0.2, 0.25) is 0 Å². The van der Waals surface area contributed by atoms with Gasteiger partial charge in [-0.3, -0.25) is 4.98 Å². The minimum absolute atomic E-state index is 0.398. The Labute approximate surface area is 114 Å². The van der Waals surface area contributed by atoms with Crippen LogP contribution in [0.5, 0.6) is 0 Å². The number of hydrogen-bond acceptors (Lipinski definition) is 3. The van der Waals surface area contributed by atoms with Crippen LogP contribution in [0, 0.1) is 20.8 Å². The molecule has 4 nitrogen and oxygen atoms in total. The van der Waals surface area contributed by atoms with E-state index in [0.717, 1.165) is 24.6 Å². The molecule has 2 aromatic rings. The summed E-state index contributed by atoms with van der Waals surface area (Å²) in [4.78, 5) is 8.63. The highest BCUT2D eigenvalue weighted by Crippen LogP contribution is 2.06. The van der Waals surface area contributed by atoms with Gasteiger partial charge in [0.15, 0.2) is 0 Å². The quantitative estimate of drug-likeness (QED) is 0.895. The van der Waals surface area contributed by atoms with Gasteiger partial charge < -0.3 is 9.88 Å². The van der Waals surface area contributed by atoms with E-state index >= 15 is 0 Å². The third-order valence-electron chi connectivity index (χ3n) is 3.45. The Hall–Kier alpha value is -1.68. The molecule has 0 fully saturated rings. The zero-order valence-corrected chi connectivity index (χ0v) is 12.1. The van der Waals surface area contributed by atoms with Crippen LogP contribution in [0.4, 0.5) is 0 Å². The van der Waals surface area contributed by atoms with Crippen molar-refractivity contribution in [1.29, 1.82) is 0 Å². The van der Waals surface area contributed by atoms with Gasteiger partial charge in [0, 0.05) is 43.4 Å². The highest BCUT2D eigenvalue weighted by Gasteiger charge is 2.05. The Balaban J connectivity index is 1.88. The van der Waals surface area contributed by atoms with Crippen LogP contribution in [-0.4, -0.2) is 20.6 Å². The van der Waals surface area contributed by atoms with Crippen molar-refractivity contribution in [2.24, 2.45) is 0 Å². The smallest absolute Gasteiger partial charge is 0.105 e. The minimum Gasteiger partial charge on any atom is -0.334 e. The summed E-state index contributed by atoms with van der Waals surface area (Å²) in [5.74, 6) is 1.06. The van der Waals surface area contributed by atoms with Crippen molar-refractivity contribution in [2.75, 3.05) is 0 Å². The fourth-order valence-corrected chi connectivity index (χ4v) is 2.05. The highest BCUT2D eigenvalue weighted by molar-refractivity contribution is 5.22.